The number of nitriles is 1. The Morgan fingerprint density at radius 2 is 2.11 bits per heavy atom. The lowest BCUT2D eigenvalue weighted by atomic mass is 9.87. The number of aliphatic carboxylic acids is 1. The average Bonchev–Trinajstić information content (AvgIpc) is 2.41. The van der Waals surface area contributed by atoms with E-state index in [4.69, 9.17) is 15.1 Å². The van der Waals surface area contributed by atoms with Crippen LogP contribution in [0.15, 0.2) is 24.3 Å². The number of hydrogen-bond donors (Lipinski definition) is 1. The van der Waals surface area contributed by atoms with Crippen LogP contribution in [0.2, 0.25) is 0 Å². The molecular weight excluding hydrogens is 242 g/mol. The third-order valence-corrected chi connectivity index (χ3v) is 3.46. The molecule has 1 aromatic rings. The van der Waals surface area contributed by atoms with Crippen molar-refractivity contribution in [2.45, 2.75) is 38.2 Å². The Kier molecular flexibility index (Phi) is 4.40. The van der Waals surface area contributed by atoms with Crippen molar-refractivity contribution in [3.05, 3.63) is 29.8 Å². The molecule has 1 fully saturated rings. The van der Waals surface area contributed by atoms with Gasteiger partial charge in [-0.25, -0.2) is 0 Å². The minimum Gasteiger partial charge on any atom is -0.489 e. The molecule has 0 saturated heterocycles. The van der Waals surface area contributed by atoms with E-state index in [1.807, 2.05) is 6.07 Å². The zero-order valence-corrected chi connectivity index (χ0v) is 10.7. The van der Waals surface area contributed by atoms with Gasteiger partial charge in [-0.15, -0.1) is 0 Å². The quantitative estimate of drug-likeness (QED) is 0.902. The number of benzene rings is 1. The van der Waals surface area contributed by atoms with Crippen LogP contribution >= 0.6 is 0 Å². The molecule has 0 aromatic heterocycles. The minimum atomic E-state index is -0.878. The summed E-state index contributed by atoms with van der Waals surface area (Å²) in [4.78, 5) is 10.8. The molecule has 0 radical (unpaired) electrons. The SMILES string of the molecule is N#CC1CCCCC1Oc1ccccc1CC(=O)O. The van der Waals surface area contributed by atoms with E-state index < -0.39 is 5.97 Å². The van der Waals surface area contributed by atoms with Crippen LogP contribution in [0.5, 0.6) is 5.75 Å². The Hall–Kier alpha value is -2.02. The first kappa shape index (κ1) is 13.4. The molecular formula is C15H17NO3. The normalized spacial score (nSPS) is 22.5. The summed E-state index contributed by atoms with van der Waals surface area (Å²) in [6, 6.07) is 9.45. The molecule has 1 aliphatic carbocycles. The molecule has 2 atom stereocenters. The molecule has 1 N–H and O–H groups in total. The zero-order chi connectivity index (χ0) is 13.7. The average molecular weight is 259 g/mol. The van der Waals surface area contributed by atoms with E-state index in [9.17, 15) is 4.79 Å². The number of carboxylic acid groups (broad SMARTS) is 1. The van der Waals surface area contributed by atoms with Gasteiger partial charge in [0.1, 0.15) is 11.9 Å². The number of carbonyl (C=O) groups is 1. The first-order valence-electron chi connectivity index (χ1n) is 6.56. The smallest absolute Gasteiger partial charge is 0.307 e. The number of hydrogen-bond acceptors (Lipinski definition) is 3. The number of carboxylic acids is 1. The molecule has 0 spiro atoms. The van der Waals surface area contributed by atoms with Gasteiger partial charge in [0.2, 0.25) is 0 Å². The Bertz CT molecular complexity index is 492. The zero-order valence-electron chi connectivity index (χ0n) is 10.7. The van der Waals surface area contributed by atoms with Gasteiger partial charge in [0.15, 0.2) is 0 Å². The first-order chi connectivity index (χ1) is 9.20. The number of nitrogens with zero attached hydrogens (tertiary/aromatic N) is 1. The summed E-state index contributed by atoms with van der Waals surface area (Å²) in [5.74, 6) is -0.375. The van der Waals surface area contributed by atoms with Gasteiger partial charge >= 0.3 is 5.97 Å². The lowest BCUT2D eigenvalue weighted by Gasteiger charge is -2.28. The maximum Gasteiger partial charge on any atom is 0.307 e. The summed E-state index contributed by atoms with van der Waals surface area (Å²) in [7, 11) is 0. The van der Waals surface area contributed by atoms with Gasteiger partial charge in [-0.05, 0) is 25.3 Å². The van der Waals surface area contributed by atoms with Crippen molar-refractivity contribution in [2.24, 2.45) is 5.92 Å². The van der Waals surface area contributed by atoms with Gasteiger partial charge in [0.25, 0.3) is 0 Å². The molecule has 4 heteroatoms. The largest absolute Gasteiger partial charge is 0.489 e. The molecule has 0 bridgehead atoms. The Morgan fingerprint density at radius 1 is 1.37 bits per heavy atom. The molecule has 19 heavy (non-hydrogen) atoms. The van der Waals surface area contributed by atoms with Gasteiger partial charge < -0.3 is 9.84 Å². The predicted octanol–water partition coefficient (Wildman–Crippen LogP) is 2.77. The summed E-state index contributed by atoms with van der Waals surface area (Å²) in [6.07, 6.45) is 3.68. The molecule has 2 unspecified atom stereocenters. The second-order valence-corrected chi connectivity index (χ2v) is 4.85. The van der Waals surface area contributed by atoms with Gasteiger partial charge in [0.05, 0.1) is 18.4 Å². The van der Waals surface area contributed by atoms with Gasteiger partial charge in [-0.1, -0.05) is 24.6 Å². The highest BCUT2D eigenvalue weighted by molar-refractivity contribution is 5.71. The molecule has 0 amide bonds. The number of para-hydroxylation sites is 1. The topological polar surface area (TPSA) is 70.3 Å². The molecule has 1 aromatic carbocycles. The second kappa shape index (κ2) is 6.24. The van der Waals surface area contributed by atoms with Crippen LogP contribution in [0.3, 0.4) is 0 Å². The summed E-state index contributed by atoms with van der Waals surface area (Å²) >= 11 is 0. The van der Waals surface area contributed by atoms with Crippen LogP contribution in [0.1, 0.15) is 31.2 Å². The second-order valence-electron chi connectivity index (χ2n) is 4.85. The van der Waals surface area contributed by atoms with E-state index >= 15 is 0 Å². The Morgan fingerprint density at radius 3 is 2.84 bits per heavy atom. The minimum absolute atomic E-state index is 0.0554. The highest BCUT2D eigenvalue weighted by atomic mass is 16.5. The first-order valence-corrected chi connectivity index (χ1v) is 6.56. The van der Waals surface area contributed by atoms with Crippen molar-refractivity contribution in [1.82, 2.24) is 0 Å². The highest BCUT2D eigenvalue weighted by Crippen LogP contribution is 2.29. The van der Waals surface area contributed by atoms with Crippen molar-refractivity contribution < 1.29 is 14.6 Å². The van der Waals surface area contributed by atoms with E-state index in [-0.39, 0.29) is 18.4 Å². The predicted molar refractivity (Wildman–Crippen MR) is 69.8 cm³/mol. The van der Waals surface area contributed by atoms with Gasteiger partial charge in [-0.3, -0.25) is 4.79 Å². The number of rotatable bonds is 4. The van der Waals surface area contributed by atoms with Crippen molar-refractivity contribution in [3.63, 3.8) is 0 Å². The maximum atomic E-state index is 10.8. The van der Waals surface area contributed by atoms with E-state index in [1.165, 1.54) is 0 Å². The van der Waals surface area contributed by atoms with Crippen molar-refractivity contribution in [1.29, 1.82) is 5.26 Å². The fraction of sp³-hybridized carbons (Fsp3) is 0.467. The Labute approximate surface area is 112 Å². The highest BCUT2D eigenvalue weighted by Gasteiger charge is 2.27. The van der Waals surface area contributed by atoms with Crippen LogP contribution in [-0.4, -0.2) is 17.2 Å². The van der Waals surface area contributed by atoms with Crippen molar-refractivity contribution in [3.8, 4) is 11.8 Å². The van der Waals surface area contributed by atoms with Crippen LogP contribution in [0.25, 0.3) is 0 Å². The molecule has 1 saturated carbocycles. The van der Waals surface area contributed by atoms with Crippen LogP contribution in [0, 0.1) is 17.2 Å². The molecule has 4 nitrogen and oxygen atoms in total. The third kappa shape index (κ3) is 3.47. The maximum absolute atomic E-state index is 10.8. The van der Waals surface area contributed by atoms with E-state index in [2.05, 4.69) is 6.07 Å². The fourth-order valence-corrected chi connectivity index (χ4v) is 2.48. The molecule has 0 heterocycles. The van der Waals surface area contributed by atoms with Crippen LogP contribution < -0.4 is 4.74 Å². The van der Waals surface area contributed by atoms with Gasteiger partial charge in [0, 0.05) is 5.56 Å². The number of ether oxygens (including phenoxy) is 1. The van der Waals surface area contributed by atoms with E-state index in [0.717, 1.165) is 25.7 Å². The summed E-state index contributed by atoms with van der Waals surface area (Å²) in [5, 5.41) is 18.0. The summed E-state index contributed by atoms with van der Waals surface area (Å²) < 4.78 is 5.90. The molecule has 100 valence electrons. The summed E-state index contributed by atoms with van der Waals surface area (Å²) in [5.41, 5.74) is 0.664. The lowest BCUT2D eigenvalue weighted by Crippen LogP contribution is -2.29. The Balaban J connectivity index is 2.13. The van der Waals surface area contributed by atoms with E-state index in [0.29, 0.717) is 11.3 Å². The monoisotopic (exact) mass is 259 g/mol. The van der Waals surface area contributed by atoms with E-state index in [1.54, 1.807) is 18.2 Å². The van der Waals surface area contributed by atoms with Crippen LogP contribution in [-0.2, 0) is 11.2 Å². The molecule has 0 aliphatic heterocycles. The third-order valence-electron chi connectivity index (χ3n) is 3.46. The van der Waals surface area contributed by atoms with Crippen molar-refractivity contribution >= 4 is 5.97 Å². The summed E-state index contributed by atoms with van der Waals surface area (Å²) in [6.45, 7) is 0. The van der Waals surface area contributed by atoms with Crippen molar-refractivity contribution in [2.75, 3.05) is 0 Å². The standard InChI is InChI=1S/C15H17NO3/c16-10-12-6-2-4-8-14(12)19-13-7-3-1-5-11(13)9-15(17)18/h1,3,5,7,12,14H,2,4,6,8-9H2,(H,17,18). The van der Waals surface area contributed by atoms with Gasteiger partial charge in [-0.2, -0.15) is 5.26 Å². The molecule has 2 rings (SSSR count). The lowest BCUT2D eigenvalue weighted by molar-refractivity contribution is -0.136. The molecule has 1 aliphatic rings. The fourth-order valence-electron chi connectivity index (χ4n) is 2.48. The van der Waals surface area contributed by atoms with Crippen LogP contribution in [0.4, 0.5) is 0 Å².